The van der Waals surface area contributed by atoms with Crippen molar-refractivity contribution >= 4 is 11.7 Å². The summed E-state index contributed by atoms with van der Waals surface area (Å²) in [6.07, 6.45) is 11.0. The van der Waals surface area contributed by atoms with Crippen molar-refractivity contribution in [1.29, 1.82) is 0 Å². The third kappa shape index (κ3) is 6.21. The summed E-state index contributed by atoms with van der Waals surface area (Å²) in [5.74, 6) is -3.50. The first-order chi connectivity index (χ1) is 24.2. The average molecular weight is 712 g/mol. The lowest BCUT2D eigenvalue weighted by atomic mass is 9.57. The van der Waals surface area contributed by atoms with Crippen LogP contribution in [-0.2, 0) is 28.5 Å². The minimum atomic E-state index is -1.14. The van der Waals surface area contributed by atoms with Crippen molar-refractivity contribution in [3.05, 3.63) is 23.8 Å². The molecule has 0 aromatic heterocycles. The van der Waals surface area contributed by atoms with E-state index in [0.717, 1.165) is 69.2 Å². The Bertz CT molecular complexity index is 1460. The SMILES string of the molecule is C=C1CCCC2=NC[C@H](C)[C@@H](C)C[C@@]23CCC(C(=O)O)=C[C@@H]3[C@@H]2O[C@]3(C[C@H]4CCC[C@@]5(CC[C@@]6(O[C@@H](CC[C@@]6(C)O)C1)O5)O4)C[C@@H](C)[C@@H](O)[C@H]2O3. The van der Waals surface area contributed by atoms with Gasteiger partial charge in [0.2, 0.25) is 5.79 Å². The zero-order valence-electron chi connectivity index (χ0n) is 31.2. The maximum Gasteiger partial charge on any atom is 0.331 e. The van der Waals surface area contributed by atoms with E-state index in [1.165, 1.54) is 0 Å². The number of aliphatic imine (C=N–C) groups is 1. The van der Waals surface area contributed by atoms with Gasteiger partial charge in [-0.2, -0.15) is 0 Å². The van der Waals surface area contributed by atoms with Crippen molar-refractivity contribution in [2.24, 2.45) is 34.1 Å². The number of hydrogen-bond acceptors (Lipinski definition) is 9. The lowest BCUT2D eigenvalue weighted by Crippen LogP contribution is -2.60. The van der Waals surface area contributed by atoms with Gasteiger partial charge in [-0.15, -0.1) is 0 Å². The molecule has 7 aliphatic heterocycles. The lowest BCUT2D eigenvalue weighted by molar-refractivity contribution is -0.403. The van der Waals surface area contributed by atoms with E-state index in [9.17, 15) is 20.1 Å². The molecule has 51 heavy (non-hydrogen) atoms. The minimum Gasteiger partial charge on any atom is -0.478 e. The number of aliphatic carboxylic acids is 1. The Balaban J connectivity index is 1.20. The van der Waals surface area contributed by atoms with Gasteiger partial charge in [-0.3, -0.25) is 4.99 Å². The van der Waals surface area contributed by atoms with Crippen LogP contribution >= 0.6 is 0 Å². The summed E-state index contributed by atoms with van der Waals surface area (Å²) in [7, 11) is 0. The summed E-state index contributed by atoms with van der Waals surface area (Å²) in [6, 6.07) is 0. The van der Waals surface area contributed by atoms with Crippen LogP contribution in [0.3, 0.4) is 0 Å². The first-order valence-corrected chi connectivity index (χ1v) is 20.1. The predicted molar refractivity (Wildman–Crippen MR) is 190 cm³/mol. The van der Waals surface area contributed by atoms with Gasteiger partial charge < -0.3 is 39.0 Å². The van der Waals surface area contributed by atoms with Crippen molar-refractivity contribution in [2.45, 2.75) is 184 Å². The predicted octanol–water partition coefficient (Wildman–Crippen LogP) is 6.61. The van der Waals surface area contributed by atoms with Crippen molar-refractivity contribution in [2.75, 3.05) is 6.54 Å². The van der Waals surface area contributed by atoms with E-state index < -0.39 is 52.7 Å². The Labute approximate surface area is 303 Å². The topological polar surface area (TPSA) is 136 Å². The molecule has 284 valence electrons. The molecular formula is C41H61NO9. The number of carboxylic acid groups (broad SMARTS) is 1. The van der Waals surface area contributed by atoms with Gasteiger partial charge >= 0.3 is 5.97 Å². The average Bonchev–Trinajstić information content (AvgIpc) is 3.55. The van der Waals surface area contributed by atoms with Crippen LogP contribution < -0.4 is 0 Å². The molecule has 7 heterocycles. The molecule has 0 radical (unpaired) electrons. The fourth-order valence-corrected chi connectivity index (χ4v) is 11.5. The standard InChI is InChI=1S/C41H61NO9/c1-24-8-6-10-32-38(20-25(2)27(4)23-42-32)15-11-28(36(44)45)19-31(38)34-35-33(43)26(3)21-40(49-34,50-35)22-30-9-7-13-39(47-30)16-17-41(51-39)37(5,46)14-12-29(18-24)48-41/h19,25-27,29-31,33-35,43,46H,1,6-18,20-23H2,2-5H3,(H,44,45)/t25-,26+,27-,29-,30+,31+,33+,34-,35+,37+,38+,39+,40+,41+/m0/s1. The highest BCUT2D eigenvalue weighted by molar-refractivity contribution is 5.93. The number of carbonyl (C=O) groups is 1. The molecule has 0 saturated carbocycles. The molecule has 1 aliphatic carbocycles. The second-order valence-corrected chi connectivity index (χ2v) is 18.3. The first kappa shape index (κ1) is 36.3. The van der Waals surface area contributed by atoms with Gasteiger partial charge in [-0.1, -0.05) is 39.0 Å². The van der Waals surface area contributed by atoms with Crippen molar-refractivity contribution < 1.29 is 43.8 Å². The zero-order chi connectivity index (χ0) is 36.0. The van der Waals surface area contributed by atoms with Crippen LogP contribution in [-0.4, -0.2) is 87.0 Å². The Morgan fingerprint density at radius 1 is 0.843 bits per heavy atom. The molecule has 0 amide bonds. The second-order valence-electron chi connectivity index (χ2n) is 18.3. The molecule has 10 nitrogen and oxygen atoms in total. The van der Waals surface area contributed by atoms with Crippen molar-refractivity contribution in [1.82, 2.24) is 0 Å². The molecule has 8 rings (SSSR count). The van der Waals surface area contributed by atoms with Gasteiger partial charge in [0.25, 0.3) is 0 Å². The molecular weight excluding hydrogens is 650 g/mol. The molecule has 6 fully saturated rings. The van der Waals surface area contributed by atoms with E-state index in [4.69, 9.17) is 28.7 Å². The van der Waals surface area contributed by atoms with Gasteiger partial charge in [0.15, 0.2) is 11.6 Å². The smallest absolute Gasteiger partial charge is 0.331 e. The first-order valence-electron chi connectivity index (χ1n) is 20.1. The van der Waals surface area contributed by atoms with Crippen LogP contribution in [0.15, 0.2) is 28.8 Å². The number of aliphatic hydroxyl groups is 2. The summed E-state index contributed by atoms with van der Waals surface area (Å²) in [6.45, 7) is 13.7. The summed E-state index contributed by atoms with van der Waals surface area (Å²) in [4.78, 5) is 18.0. The summed E-state index contributed by atoms with van der Waals surface area (Å²) in [5.41, 5.74) is 1.13. The third-order valence-electron chi connectivity index (χ3n) is 14.6. The Hall–Kier alpha value is -1.66. The fraction of sp³-hybridized carbons (Fsp3) is 0.854. The van der Waals surface area contributed by atoms with Crippen molar-refractivity contribution in [3.63, 3.8) is 0 Å². The van der Waals surface area contributed by atoms with Crippen LogP contribution in [0.2, 0.25) is 0 Å². The maximum absolute atomic E-state index is 12.6. The van der Waals surface area contributed by atoms with E-state index in [2.05, 4.69) is 27.4 Å². The second kappa shape index (κ2) is 13.0. The third-order valence-corrected chi connectivity index (χ3v) is 14.6. The van der Waals surface area contributed by atoms with Gasteiger partial charge in [0, 0.05) is 61.3 Å². The summed E-state index contributed by atoms with van der Waals surface area (Å²) < 4.78 is 34.8. The van der Waals surface area contributed by atoms with E-state index >= 15 is 0 Å². The van der Waals surface area contributed by atoms with Crippen LogP contribution in [0.4, 0.5) is 0 Å². The molecule has 4 spiro atoms. The molecule has 0 aromatic carbocycles. The molecule has 8 aliphatic rings. The number of nitrogens with zero attached hydrogens (tertiary/aromatic N) is 1. The van der Waals surface area contributed by atoms with Gasteiger partial charge in [-0.05, 0) is 95.3 Å². The zero-order valence-corrected chi connectivity index (χ0v) is 31.2. The van der Waals surface area contributed by atoms with Crippen molar-refractivity contribution in [3.8, 4) is 0 Å². The highest BCUT2D eigenvalue weighted by Crippen LogP contribution is 2.59. The Morgan fingerprint density at radius 2 is 1.65 bits per heavy atom. The highest BCUT2D eigenvalue weighted by atomic mass is 16.8. The number of hydrogen-bond donors (Lipinski definition) is 3. The van der Waals surface area contributed by atoms with Gasteiger partial charge in [-0.25, -0.2) is 4.79 Å². The number of fused-ring (bicyclic) bond motifs is 6. The molecule has 6 saturated heterocycles. The number of rotatable bonds is 1. The van der Waals surface area contributed by atoms with Crippen LogP contribution in [0.25, 0.3) is 0 Å². The normalized spacial score (nSPS) is 51.8. The van der Waals surface area contributed by atoms with Gasteiger partial charge in [0.05, 0.1) is 24.4 Å². The molecule has 0 unspecified atom stereocenters. The molecule has 3 N–H and O–H groups in total. The van der Waals surface area contributed by atoms with E-state index in [0.29, 0.717) is 68.8 Å². The van der Waals surface area contributed by atoms with Crippen LogP contribution in [0.5, 0.6) is 0 Å². The van der Waals surface area contributed by atoms with Crippen LogP contribution in [0, 0.1) is 29.1 Å². The highest BCUT2D eigenvalue weighted by Gasteiger charge is 2.65. The number of carboxylic acids is 1. The maximum atomic E-state index is 12.6. The van der Waals surface area contributed by atoms with E-state index in [-0.39, 0.29) is 24.0 Å². The largest absolute Gasteiger partial charge is 0.478 e. The lowest BCUT2D eigenvalue weighted by Gasteiger charge is -2.50. The molecule has 14 atom stereocenters. The minimum absolute atomic E-state index is 0.0764. The quantitative estimate of drug-likeness (QED) is 0.257. The fourth-order valence-electron chi connectivity index (χ4n) is 11.5. The Morgan fingerprint density at radius 3 is 2.45 bits per heavy atom. The monoisotopic (exact) mass is 711 g/mol. The Kier molecular flexibility index (Phi) is 9.25. The van der Waals surface area contributed by atoms with Gasteiger partial charge in [0.1, 0.15) is 11.7 Å². The number of aliphatic hydroxyl groups excluding tert-OH is 1. The van der Waals surface area contributed by atoms with Crippen LogP contribution in [0.1, 0.15) is 130 Å². The summed E-state index contributed by atoms with van der Waals surface area (Å²) >= 11 is 0. The molecule has 10 heteroatoms. The molecule has 0 aromatic rings. The van der Waals surface area contributed by atoms with E-state index in [1.807, 2.05) is 13.0 Å². The number of ether oxygens (including phenoxy) is 5. The molecule has 7 bridgehead atoms. The van der Waals surface area contributed by atoms with E-state index in [1.54, 1.807) is 0 Å². The summed E-state index contributed by atoms with van der Waals surface area (Å²) in [5, 5.41) is 33.8.